The lowest BCUT2D eigenvalue weighted by molar-refractivity contribution is 1.31. The summed E-state index contributed by atoms with van der Waals surface area (Å²) in [6.45, 7) is 0. The van der Waals surface area contributed by atoms with Gasteiger partial charge >= 0.3 is 0 Å². The maximum Gasteiger partial charge on any atom is 0.130 e. The number of rotatable bonds is 2. The minimum atomic E-state index is 0.635. The Hall–Kier alpha value is -2.34. The third-order valence-corrected chi connectivity index (χ3v) is 1.93. The highest BCUT2D eigenvalue weighted by atomic mass is 15.0. The Balaban J connectivity index is 2.22. The van der Waals surface area contributed by atoms with Crippen LogP contribution >= 0.6 is 0 Å². The van der Waals surface area contributed by atoms with Crippen molar-refractivity contribution in [2.75, 3.05) is 5.32 Å². The summed E-state index contributed by atoms with van der Waals surface area (Å²) in [7, 11) is 0. The van der Waals surface area contributed by atoms with E-state index in [9.17, 15) is 0 Å². The molecule has 1 heterocycles. The Morgan fingerprint density at radius 3 is 2.80 bits per heavy atom. The molecule has 1 N–H and O–H groups in total. The molecule has 0 saturated heterocycles. The van der Waals surface area contributed by atoms with Crippen molar-refractivity contribution in [3.05, 3.63) is 54.2 Å². The number of nitrogens with zero attached hydrogens (tertiary/aromatic N) is 2. The van der Waals surface area contributed by atoms with Crippen LogP contribution in [0.3, 0.4) is 0 Å². The van der Waals surface area contributed by atoms with E-state index in [1.165, 1.54) is 0 Å². The molecule has 0 fully saturated rings. The third kappa shape index (κ3) is 2.32. The second kappa shape index (κ2) is 4.25. The topological polar surface area (TPSA) is 48.7 Å². The second-order valence-electron chi connectivity index (χ2n) is 3.03. The van der Waals surface area contributed by atoms with Crippen LogP contribution in [0.15, 0.2) is 48.7 Å². The number of benzene rings is 1. The van der Waals surface area contributed by atoms with Crippen LogP contribution in [0, 0.1) is 11.3 Å². The Morgan fingerprint density at radius 1 is 1.13 bits per heavy atom. The van der Waals surface area contributed by atoms with Crippen LogP contribution in [-0.4, -0.2) is 4.98 Å². The molecule has 0 aliphatic rings. The van der Waals surface area contributed by atoms with Crippen LogP contribution in [0.25, 0.3) is 0 Å². The molecule has 0 radical (unpaired) electrons. The van der Waals surface area contributed by atoms with Gasteiger partial charge in [0.1, 0.15) is 5.82 Å². The van der Waals surface area contributed by atoms with Gasteiger partial charge < -0.3 is 5.32 Å². The molecular weight excluding hydrogens is 186 g/mol. The lowest BCUT2D eigenvalue weighted by atomic mass is 10.2. The highest BCUT2D eigenvalue weighted by Gasteiger charge is 1.95. The van der Waals surface area contributed by atoms with Gasteiger partial charge in [-0.25, -0.2) is 4.98 Å². The molecule has 2 rings (SSSR count). The van der Waals surface area contributed by atoms with E-state index < -0.39 is 0 Å². The van der Waals surface area contributed by atoms with Gasteiger partial charge in [-0.3, -0.25) is 0 Å². The SMILES string of the molecule is N#Cc1cccc(Nc2ccccn2)c1. The van der Waals surface area contributed by atoms with Crippen LogP contribution in [-0.2, 0) is 0 Å². The first kappa shape index (κ1) is 9.22. The van der Waals surface area contributed by atoms with Gasteiger partial charge in [0.25, 0.3) is 0 Å². The first-order valence-electron chi connectivity index (χ1n) is 4.57. The fraction of sp³-hybridized carbons (Fsp3) is 0. The molecule has 15 heavy (non-hydrogen) atoms. The first-order chi connectivity index (χ1) is 7.38. The zero-order valence-corrected chi connectivity index (χ0v) is 8.01. The molecule has 1 aromatic carbocycles. The maximum absolute atomic E-state index is 8.73. The lowest BCUT2D eigenvalue weighted by Crippen LogP contribution is -1.92. The molecule has 72 valence electrons. The smallest absolute Gasteiger partial charge is 0.130 e. The summed E-state index contributed by atoms with van der Waals surface area (Å²) in [6.07, 6.45) is 1.72. The summed E-state index contributed by atoms with van der Waals surface area (Å²) in [6, 6.07) is 15.0. The van der Waals surface area contributed by atoms with E-state index in [1.807, 2.05) is 30.3 Å². The van der Waals surface area contributed by atoms with Crippen molar-refractivity contribution in [1.29, 1.82) is 5.26 Å². The van der Waals surface area contributed by atoms with Gasteiger partial charge in [-0.15, -0.1) is 0 Å². The molecule has 2 aromatic rings. The Labute approximate surface area is 88.0 Å². The molecule has 0 spiro atoms. The van der Waals surface area contributed by atoms with Crippen LogP contribution < -0.4 is 5.32 Å². The number of hydrogen-bond acceptors (Lipinski definition) is 3. The summed E-state index contributed by atoms with van der Waals surface area (Å²) in [4.78, 5) is 4.14. The monoisotopic (exact) mass is 195 g/mol. The van der Waals surface area contributed by atoms with Crippen LogP contribution in [0.5, 0.6) is 0 Å². The Bertz CT molecular complexity index is 486. The predicted molar refractivity (Wildman–Crippen MR) is 58.7 cm³/mol. The van der Waals surface area contributed by atoms with Crippen LogP contribution in [0.4, 0.5) is 11.5 Å². The average Bonchev–Trinajstić information content (AvgIpc) is 2.31. The van der Waals surface area contributed by atoms with Crippen molar-refractivity contribution in [2.24, 2.45) is 0 Å². The summed E-state index contributed by atoms with van der Waals surface area (Å²) in [5.41, 5.74) is 1.50. The number of pyridine rings is 1. The van der Waals surface area contributed by atoms with Gasteiger partial charge in [0, 0.05) is 11.9 Å². The molecule has 1 aromatic heterocycles. The summed E-state index contributed by atoms with van der Waals surface area (Å²) >= 11 is 0. The normalized spacial score (nSPS) is 9.27. The molecule has 3 heteroatoms. The van der Waals surface area contributed by atoms with E-state index in [0.29, 0.717) is 5.56 Å². The highest BCUT2D eigenvalue weighted by Crippen LogP contribution is 2.14. The van der Waals surface area contributed by atoms with E-state index in [4.69, 9.17) is 5.26 Å². The maximum atomic E-state index is 8.73. The van der Waals surface area contributed by atoms with E-state index in [0.717, 1.165) is 11.5 Å². The molecule has 0 saturated carbocycles. The van der Waals surface area contributed by atoms with Crippen molar-refractivity contribution in [3.63, 3.8) is 0 Å². The van der Waals surface area contributed by atoms with E-state index in [2.05, 4.69) is 16.4 Å². The fourth-order valence-electron chi connectivity index (χ4n) is 1.25. The zero-order valence-electron chi connectivity index (χ0n) is 8.01. The van der Waals surface area contributed by atoms with Gasteiger partial charge in [0.15, 0.2) is 0 Å². The molecule has 3 nitrogen and oxygen atoms in total. The molecule has 0 aliphatic carbocycles. The van der Waals surface area contributed by atoms with Gasteiger partial charge in [-0.05, 0) is 30.3 Å². The van der Waals surface area contributed by atoms with Crippen molar-refractivity contribution in [3.8, 4) is 6.07 Å². The van der Waals surface area contributed by atoms with Crippen molar-refractivity contribution in [1.82, 2.24) is 4.98 Å². The van der Waals surface area contributed by atoms with Gasteiger partial charge in [0.2, 0.25) is 0 Å². The molecular formula is C12H9N3. The van der Waals surface area contributed by atoms with Crippen molar-refractivity contribution in [2.45, 2.75) is 0 Å². The number of nitrogens with one attached hydrogen (secondary N) is 1. The molecule has 0 bridgehead atoms. The molecule has 0 unspecified atom stereocenters. The van der Waals surface area contributed by atoms with Crippen molar-refractivity contribution >= 4 is 11.5 Å². The number of nitriles is 1. The Kier molecular flexibility index (Phi) is 2.61. The van der Waals surface area contributed by atoms with Crippen LogP contribution in [0.1, 0.15) is 5.56 Å². The number of aromatic nitrogens is 1. The largest absolute Gasteiger partial charge is 0.340 e. The Morgan fingerprint density at radius 2 is 2.07 bits per heavy atom. The quantitative estimate of drug-likeness (QED) is 0.801. The van der Waals surface area contributed by atoms with Crippen molar-refractivity contribution < 1.29 is 0 Å². The zero-order chi connectivity index (χ0) is 10.5. The second-order valence-corrected chi connectivity index (χ2v) is 3.03. The van der Waals surface area contributed by atoms with E-state index in [-0.39, 0.29) is 0 Å². The van der Waals surface area contributed by atoms with E-state index in [1.54, 1.807) is 18.3 Å². The average molecular weight is 195 g/mol. The minimum absolute atomic E-state index is 0.635. The minimum Gasteiger partial charge on any atom is -0.340 e. The molecule has 0 aliphatic heterocycles. The van der Waals surface area contributed by atoms with Gasteiger partial charge in [-0.1, -0.05) is 12.1 Å². The van der Waals surface area contributed by atoms with E-state index >= 15 is 0 Å². The lowest BCUT2D eigenvalue weighted by Gasteiger charge is -2.04. The van der Waals surface area contributed by atoms with Crippen LogP contribution in [0.2, 0.25) is 0 Å². The molecule has 0 amide bonds. The predicted octanol–water partition coefficient (Wildman–Crippen LogP) is 2.70. The standard InChI is InChI=1S/C12H9N3/c13-9-10-4-3-5-11(8-10)15-12-6-1-2-7-14-12/h1-8H,(H,14,15). The van der Waals surface area contributed by atoms with Gasteiger partial charge in [0.05, 0.1) is 11.6 Å². The summed E-state index contributed by atoms with van der Waals surface area (Å²) in [5.74, 6) is 0.771. The first-order valence-corrected chi connectivity index (χ1v) is 4.57. The number of hydrogen-bond donors (Lipinski definition) is 1. The number of anilines is 2. The summed E-state index contributed by atoms with van der Waals surface area (Å²) < 4.78 is 0. The summed E-state index contributed by atoms with van der Waals surface area (Å²) in [5, 5.41) is 11.9. The molecule has 0 atom stereocenters. The highest BCUT2D eigenvalue weighted by molar-refractivity contribution is 5.58. The van der Waals surface area contributed by atoms with Gasteiger partial charge in [-0.2, -0.15) is 5.26 Å². The third-order valence-electron chi connectivity index (χ3n) is 1.93. The fourth-order valence-corrected chi connectivity index (χ4v) is 1.25.